The summed E-state index contributed by atoms with van der Waals surface area (Å²) < 4.78 is 5.69. The number of aryl methyl sites for hydroxylation is 1. The molecule has 1 aromatic heterocycles. The van der Waals surface area contributed by atoms with E-state index >= 15 is 0 Å². The fraction of sp³-hybridized carbons (Fsp3) is 0.692. The van der Waals surface area contributed by atoms with E-state index in [1.54, 1.807) is 0 Å². The summed E-state index contributed by atoms with van der Waals surface area (Å²) >= 11 is 0. The number of hydrogen-bond donors (Lipinski definition) is 2. The Balaban J connectivity index is 2.41. The van der Waals surface area contributed by atoms with Crippen molar-refractivity contribution in [3.8, 4) is 0 Å². The van der Waals surface area contributed by atoms with Gasteiger partial charge in [0.05, 0.1) is 6.04 Å². The first-order chi connectivity index (χ1) is 7.67. The van der Waals surface area contributed by atoms with E-state index in [0.717, 1.165) is 30.8 Å². The maximum atomic E-state index is 8.76. The zero-order valence-corrected chi connectivity index (χ0v) is 10.5. The summed E-state index contributed by atoms with van der Waals surface area (Å²) in [5.74, 6) is 2.03. The number of nitrogens with one attached hydrogen (secondary N) is 1. The SMILES string of the molecule is CCc1ccc(C(C)NC(C)CCCO)o1. The molecule has 1 heterocycles. The van der Waals surface area contributed by atoms with Crippen molar-refractivity contribution in [1.29, 1.82) is 0 Å². The van der Waals surface area contributed by atoms with Gasteiger partial charge in [0.15, 0.2) is 0 Å². The predicted octanol–water partition coefficient (Wildman–Crippen LogP) is 2.65. The molecule has 0 spiro atoms. The van der Waals surface area contributed by atoms with Gasteiger partial charge in [0.25, 0.3) is 0 Å². The van der Waals surface area contributed by atoms with Gasteiger partial charge in [-0.1, -0.05) is 6.92 Å². The fourth-order valence-electron chi connectivity index (χ4n) is 1.81. The molecule has 0 bridgehead atoms. The van der Waals surface area contributed by atoms with Crippen LogP contribution in [-0.4, -0.2) is 17.8 Å². The van der Waals surface area contributed by atoms with Gasteiger partial charge in [-0.05, 0) is 38.8 Å². The Bertz CT molecular complexity index is 296. The Morgan fingerprint density at radius 1 is 1.38 bits per heavy atom. The highest BCUT2D eigenvalue weighted by Gasteiger charge is 2.12. The minimum Gasteiger partial charge on any atom is -0.464 e. The van der Waals surface area contributed by atoms with Crippen molar-refractivity contribution < 1.29 is 9.52 Å². The number of aliphatic hydroxyl groups is 1. The summed E-state index contributed by atoms with van der Waals surface area (Å²) in [4.78, 5) is 0. The van der Waals surface area contributed by atoms with Gasteiger partial charge < -0.3 is 14.8 Å². The smallest absolute Gasteiger partial charge is 0.120 e. The maximum absolute atomic E-state index is 8.76. The lowest BCUT2D eigenvalue weighted by Crippen LogP contribution is -2.28. The molecule has 0 radical (unpaired) electrons. The number of furan rings is 1. The minimum atomic E-state index is 0.231. The topological polar surface area (TPSA) is 45.4 Å². The molecule has 0 aliphatic carbocycles. The summed E-state index contributed by atoms with van der Waals surface area (Å²) in [6.07, 6.45) is 2.77. The third-order valence-electron chi connectivity index (χ3n) is 2.79. The Morgan fingerprint density at radius 2 is 2.12 bits per heavy atom. The average Bonchev–Trinajstić information content (AvgIpc) is 2.74. The second kappa shape index (κ2) is 6.71. The van der Waals surface area contributed by atoms with Gasteiger partial charge in [0, 0.05) is 19.1 Å². The van der Waals surface area contributed by atoms with Crippen molar-refractivity contribution in [2.75, 3.05) is 6.61 Å². The lowest BCUT2D eigenvalue weighted by Gasteiger charge is -2.18. The molecule has 0 saturated carbocycles. The highest BCUT2D eigenvalue weighted by Crippen LogP contribution is 2.17. The molecule has 3 heteroatoms. The summed E-state index contributed by atoms with van der Waals surface area (Å²) in [6, 6.07) is 4.70. The fourth-order valence-corrected chi connectivity index (χ4v) is 1.81. The number of aliphatic hydroxyl groups excluding tert-OH is 1. The molecule has 2 N–H and O–H groups in total. The minimum absolute atomic E-state index is 0.231. The highest BCUT2D eigenvalue weighted by molar-refractivity contribution is 5.10. The van der Waals surface area contributed by atoms with Gasteiger partial charge >= 0.3 is 0 Å². The summed E-state index contributed by atoms with van der Waals surface area (Å²) in [6.45, 7) is 6.59. The van der Waals surface area contributed by atoms with Crippen molar-refractivity contribution in [2.24, 2.45) is 0 Å². The first-order valence-corrected chi connectivity index (χ1v) is 6.12. The molecule has 2 atom stereocenters. The van der Waals surface area contributed by atoms with Crippen LogP contribution in [0.4, 0.5) is 0 Å². The van der Waals surface area contributed by atoms with Crippen molar-refractivity contribution in [1.82, 2.24) is 5.32 Å². The van der Waals surface area contributed by atoms with Gasteiger partial charge in [0.2, 0.25) is 0 Å². The monoisotopic (exact) mass is 225 g/mol. The van der Waals surface area contributed by atoms with Crippen LogP contribution in [0, 0.1) is 0 Å². The number of hydrogen-bond acceptors (Lipinski definition) is 3. The second-order valence-corrected chi connectivity index (χ2v) is 4.31. The molecule has 1 rings (SSSR count). The molecular formula is C13H23NO2. The van der Waals surface area contributed by atoms with Gasteiger partial charge in [0.1, 0.15) is 11.5 Å². The molecule has 16 heavy (non-hydrogen) atoms. The van der Waals surface area contributed by atoms with Gasteiger partial charge in [-0.2, -0.15) is 0 Å². The molecule has 0 fully saturated rings. The van der Waals surface area contributed by atoms with Crippen LogP contribution in [0.15, 0.2) is 16.5 Å². The molecule has 1 aromatic rings. The van der Waals surface area contributed by atoms with Crippen LogP contribution >= 0.6 is 0 Å². The van der Waals surface area contributed by atoms with Crippen LogP contribution in [0.25, 0.3) is 0 Å². The van der Waals surface area contributed by atoms with E-state index in [-0.39, 0.29) is 12.6 Å². The first kappa shape index (κ1) is 13.3. The Hall–Kier alpha value is -0.800. The lowest BCUT2D eigenvalue weighted by molar-refractivity contribution is 0.272. The Kier molecular flexibility index (Phi) is 5.56. The van der Waals surface area contributed by atoms with Crippen LogP contribution in [0.5, 0.6) is 0 Å². The van der Waals surface area contributed by atoms with E-state index in [1.807, 2.05) is 12.1 Å². The Morgan fingerprint density at radius 3 is 2.69 bits per heavy atom. The van der Waals surface area contributed by atoms with E-state index in [9.17, 15) is 0 Å². The highest BCUT2D eigenvalue weighted by atomic mass is 16.3. The third kappa shape index (κ3) is 3.99. The molecule has 0 aromatic carbocycles. The largest absolute Gasteiger partial charge is 0.464 e. The van der Waals surface area contributed by atoms with Crippen molar-refractivity contribution in [2.45, 2.75) is 52.1 Å². The van der Waals surface area contributed by atoms with E-state index in [1.165, 1.54) is 0 Å². The van der Waals surface area contributed by atoms with Gasteiger partial charge in [-0.25, -0.2) is 0 Å². The molecule has 92 valence electrons. The van der Waals surface area contributed by atoms with E-state index in [4.69, 9.17) is 9.52 Å². The van der Waals surface area contributed by atoms with Crippen LogP contribution in [0.3, 0.4) is 0 Å². The molecule has 2 unspecified atom stereocenters. The van der Waals surface area contributed by atoms with Crippen LogP contribution < -0.4 is 5.32 Å². The molecule has 3 nitrogen and oxygen atoms in total. The van der Waals surface area contributed by atoms with Crippen molar-refractivity contribution >= 4 is 0 Å². The third-order valence-corrected chi connectivity index (χ3v) is 2.79. The molecule has 0 amide bonds. The van der Waals surface area contributed by atoms with Crippen LogP contribution in [0.2, 0.25) is 0 Å². The normalized spacial score (nSPS) is 15.0. The molecule has 0 aliphatic heterocycles. The van der Waals surface area contributed by atoms with Crippen LogP contribution in [-0.2, 0) is 6.42 Å². The second-order valence-electron chi connectivity index (χ2n) is 4.31. The van der Waals surface area contributed by atoms with Crippen LogP contribution in [0.1, 0.15) is 51.2 Å². The summed E-state index contributed by atoms with van der Waals surface area (Å²) in [7, 11) is 0. The van der Waals surface area contributed by atoms with Gasteiger partial charge in [-0.15, -0.1) is 0 Å². The summed E-state index contributed by atoms with van der Waals surface area (Å²) in [5, 5.41) is 12.2. The Labute approximate surface area is 97.9 Å². The van der Waals surface area contributed by atoms with Crippen molar-refractivity contribution in [3.63, 3.8) is 0 Å². The predicted molar refractivity (Wildman–Crippen MR) is 65.4 cm³/mol. The zero-order chi connectivity index (χ0) is 12.0. The molecule has 0 aliphatic rings. The van der Waals surface area contributed by atoms with E-state index in [0.29, 0.717) is 6.04 Å². The standard InChI is InChI=1S/C13H23NO2/c1-4-12-7-8-13(16-12)11(3)14-10(2)6-5-9-15/h7-8,10-11,14-15H,4-6,9H2,1-3H3. The zero-order valence-electron chi connectivity index (χ0n) is 10.5. The molecule has 0 saturated heterocycles. The maximum Gasteiger partial charge on any atom is 0.120 e. The quantitative estimate of drug-likeness (QED) is 0.750. The average molecular weight is 225 g/mol. The number of rotatable bonds is 7. The van der Waals surface area contributed by atoms with Crippen molar-refractivity contribution in [3.05, 3.63) is 23.7 Å². The van der Waals surface area contributed by atoms with E-state index in [2.05, 4.69) is 26.1 Å². The first-order valence-electron chi connectivity index (χ1n) is 6.12. The lowest BCUT2D eigenvalue weighted by atomic mass is 10.1. The van der Waals surface area contributed by atoms with Gasteiger partial charge in [-0.3, -0.25) is 0 Å². The van der Waals surface area contributed by atoms with E-state index < -0.39 is 0 Å². The summed E-state index contributed by atoms with van der Waals surface area (Å²) in [5.41, 5.74) is 0. The molecular weight excluding hydrogens is 202 g/mol.